The van der Waals surface area contributed by atoms with Gasteiger partial charge in [-0.2, -0.15) is 0 Å². The number of halogens is 1. The van der Waals surface area contributed by atoms with E-state index in [1.54, 1.807) is 6.07 Å². The summed E-state index contributed by atoms with van der Waals surface area (Å²) in [6.07, 6.45) is 0. The van der Waals surface area contributed by atoms with Crippen LogP contribution in [0, 0.1) is 19.7 Å². The summed E-state index contributed by atoms with van der Waals surface area (Å²) in [5.74, 6) is 0.158. The molecule has 2 rings (SSSR count). The van der Waals surface area contributed by atoms with Crippen LogP contribution < -0.4 is 10.5 Å². The molecule has 0 unspecified atom stereocenters. The molecule has 2 aromatic rings. The van der Waals surface area contributed by atoms with E-state index in [1.807, 2.05) is 32.0 Å². The molecule has 0 aliphatic heterocycles. The van der Waals surface area contributed by atoms with E-state index in [9.17, 15) is 4.39 Å². The normalized spacial score (nSPS) is 11.5. The smallest absolute Gasteiger partial charge is 0.170 e. The Bertz CT molecular complexity index is 684. The maximum Gasteiger partial charge on any atom is 0.170 e. The molecule has 5 heteroatoms. The van der Waals surface area contributed by atoms with Crippen LogP contribution in [-0.4, -0.2) is 11.0 Å². The number of hydrogen-bond acceptors (Lipinski definition) is 3. The van der Waals surface area contributed by atoms with E-state index in [2.05, 4.69) is 5.16 Å². The topological polar surface area (TPSA) is 67.8 Å². The fourth-order valence-corrected chi connectivity index (χ4v) is 1.99. The summed E-state index contributed by atoms with van der Waals surface area (Å²) in [7, 11) is 0. The monoisotopic (exact) mass is 288 g/mol. The Morgan fingerprint density at radius 3 is 2.71 bits per heavy atom. The summed E-state index contributed by atoms with van der Waals surface area (Å²) in [4.78, 5) is 0. The van der Waals surface area contributed by atoms with Gasteiger partial charge >= 0.3 is 0 Å². The Morgan fingerprint density at radius 1 is 1.24 bits per heavy atom. The molecule has 0 fully saturated rings. The van der Waals surface area contributed by atoms with Crippen molar-refractivity contribution in [3.05, 3.63) is 64.5 Å². The lowest BCUT2D eigenvalue weighted by Gasteiger charge is -2.12. The molecule has 0 aromatic heterocycles. The van der Waals surface area contributed by atoms with Crippen LogP contribution in [0.2, 0.25) is 0 Å². The van der Waals surface area contributed by atoms with E-state index in [0.29, 0.717) is 11.1 Å². The van der Waals surface area contributed by atoms with Gasteiger partial charge in [0.2, 0.25) is 0 Å². The van der Waals surface area contributed by atoms with Gasteiger partial charge in [-0.05, 0) is 43.2 Å². The Morgan fingerprint density at radius 2 is 2.00 bits per heavy atom. The van der Waals surface area contributed by atoms with Gasteiger partial charge in [-0.1, -0.05) is 23.4 Å². The van der Waals surface area contributed by atoms with Crippen molar-refractivity contribution in [2.75, 3.05) is 0 Å². The average Bonchev–Trinajstić information content (AvgIpc) is 2.48. The van der Waals surface area contributed by atoms with Gasteiger partial charge in [0.25, 0.3) is 0 Å². The molecular formula is C16H17FN2O2. The van der Waals surface area contributed by atoms with Gasteiger partial charge in [-0.25, -0.2) is 4.39 Å². The van der Waals surface area contributed by atoms with E-state index in [-0.39, 0.29) is 12.4 Å². The average molecular weight is 288 g/mol. The molecule has 0 saturated heterocycles. The molecule has 110 valence electrons. The minimum absolute atomic E-state index is 0.144. The third-order valence-electron chi connectivity index (χ3n) is 3.18. The van der Waals surface area contributed by atoms with Crippen molar-refractivity contribution in [1.82, 2.24) is 0 Å². The largest absolute Gasteiger partial charge is 0.489 e. The summed E-state index contributed by atoms with van der Waals surface area (Å²) in [6, 6.07) is 10.0. The number of ether oxygens (including phenoxy) is 1. The zero-order valence-electron chi connectivity index (χ0n) is 11.9. The van der Waals surface area contributed by atoms with Gasteiger partial charge in [-0.15, -0.1) is 0 Å². The number of hydrogen-bond donors (Lipinski definition) is 2. The van der Waals surface area contributed by atoms with Gasteiger partial charge in [0.15, 0.2) is 5.84 Å². The van der Waals surface area contributed by atoms with Gasteiger partial charge in [0.05, 0.1) is 0 Å². The summed E-state index contributed by atoms with van der Waals surface area (Å²) < 4.78 is 19.1. The van der Waals surface area contributed by atoms with Crippen LogP contribution in [-0.2, 0) is 6.61 Å². The first-order valence-electron chi connectivity index (χ1n) is 6.47. The zero-order chi connectivity index (χ0) is 15.4. The molecule has 0 amide bonds. The highest BCUT2D eigenvalue weighted by molar-refractivity contribution is 5.98. The Kier molecular flexibility index (Phi) is 4.42. The molecule has 0 saturated carbocycles. The quantitative estimate of drug-likeness (QED) is 0.393. The van der Waals surface area contributed by atoms with Crippen molar-refractivity contribution in [3.8, 4) is 5.75 Å². The standard InChI is InChI=1S/C16H17FN2O2/c1-10-3-4-11(2)15(7-10)21-9-12-5-6-13(17)8-14(12)16(18)19-20/h3-8,20H,9H2,1-2H3,(H2,18,19). The van der Waals surface area contributed by atoms with Gasteiger partial charge in [0.1, 0.15) is 18.2 Å². The number of oxime groups is 1. The van der Waals surface area contributed by atoms with Crippen molar-refractivity contribution in [2.45, 2.75) is 20.5 Å². The molecule has 4 nitrogen and oxygen atoms in total. The zero-order valence-corrected chi connectivity index (χ0v) is 11.9. The minimum Gasteiger partial charge on any atom is -0.489 e. The number of nitrogens with two attached hydrogens (primary N) is 1. The van der Waals surface area contributed by atoms with E-state index in [0.717, 1.165) is 16.9 Å². The highest BCUT2D eigenvalue weighted by atomic mass is 19.1. The summed E-state index contributed by atoms with van der Waals surface area (Å²) in [5, 5.41) is 11.7. The third-order valence-corrected chi connectivity index (χ3v) is 3.18. The van der Waals surface area contributed by atoms with Crippen LogP contribution in [0.25, 0.3) is 0 Å². The van der Waals surface area contributed by atoms with E-state index >= 15 is 0 Å². The molecule has 0 aliphatic rings. The third kappa shape index (κ3) is 3.51. The number of benzene rings is 2. The molecule has 0 radical (unpaired) electrons. The Hall–Kier alpha value is -2.56. The van der Waals surface area contributed by atoms with Gasteiger partial charge < -0.3 is 15.7 Å². The van der Waals surface area contributed by atoms with Crippen molar-refractivity contribution in [1.29, 1.82) is 0 Å². The molecule has 0 bridgehead atoms. The molecule has 0 atom stereocenters. The summed E-state index contributed by atoms with van der Waals surface area (Å²) >= 11 is 0. The van der Waals surface area contributed by atoms with Crippen LogP contribution in [0.5, 0.6) is 5.75 Å². The van der Waals surface area contributed by atoms with Crippen LogP contribution in [0.4, 0.5) is 4.39 Å². The lowest BCUT2D eigenvalue weighted by Crippen LogP contribution is -2.17. The molecule has 3 N–H and O–H groups in total. The first kappa shape index (κ1) is 14.8. The second kappa shape index (κ2) is 6.26. The second-order valence-corrected chi connectivity index (χ2v) is 4.84. The van der Waals surface area contributed by atoms with E-state index in [4.69, 9.17) is 15.7 Å². The highest BCUT2D eigenvalue weighted by Gasteiger charge is 2.10. The fraction of sp³-hybridized carbons (Fsp3) is 0.188. The number of amidine groups is 1. The van der Waals surface area contributed by atoms with E-state index in [1.165, 1.54) is 12.1 Å². The summed E-state index contributed by atoms with van der Waals surface area (Å²) in [5.41, 5.74) is 8.63. The minimum atomic E-state index is -0.452. The maximum atomic E-state index is 13.3. The number of rotatable bonds is 4. The maximum absolute atomic E-state index is 13.3. The predicted octanol–water partition coefficient (Wildman–Crippen LogP) is 3.12. The van der Waals surface area contributed by atoms with Gasteiger partial charge in [-0.3, -0.25) is 0 Å². The Labute approximate surface area is 122 Å². The van der Waals surface area contributed by atoms with Crippen LogP contribution in [0.1, 0.15) is 22.3 Å². The van der Waals surface area contributed by atoms with Gasteiger partial charge in [0, 0.05) is 11.1 Å². The predicted molar refractivity (Wildman–Crippen MR) is 79.2 cm³/mol. The first-order valence-corrected chi connectivity index (χ1v) is 6.47. The SMILES string of the molecule is Cc1ccc(C)c(OCc2ccc(F)cc2C(N)=NO)c1. The van der Waals surface area contributed by atoms with Crippen molar-refractivity contribution in [3.63, 3.8) is 0 Å². The number of nitrogens with zero attached hydrogens (tertiary/aromatic N) is 1. The van der Waals surface area contributed by atoms with Crippen molar-refractivity contribution in [2.24, 2.45) is 10.9 Å². The lowest BCUT2D eigenvalue weighted by molar-refractivity contribution is 0.302. The first-order chi connectivity index (χ1) is 10.0. The molecule has 0 spiro atoms. The molecule has 2 aromatic carbocycles. The second-order valence-electron chi connectivity index (χ2n) is 4.84. The molecular weight excluding hydrogens is 271 g/mol. The van der Waals surface area contributed by atoms with Crippen LogP contribution >= 0.6 is 0 Å². The van der Waals surface area contributed by atoms with Crippen LogP contribution in [0.15, 0.2) is 41.6 Å². The van der Waals surface area contributed by atoms with Crippen molar-refractivity contribution < 1.29 is 14.3 Å². The fourth-order valence-electron chi connectivity index (χ4n) is 1.99. The molecule has 0 aliphatic carbocycles. The van der Waals surface area contributed by atoms with Crippen LogP contribution in [0.3, 0.4) is 0 Å². The van der Waals surface area contributed by atoms with Crippen molar-refractivity contribution >= 4 is 5.84 Å². The summed E-state index contributed by atoms with van der Waals surface area (Å²) in [6.45, 7) is 4.13. The van der Waals surface area contributed by atoms with E-state index < -0.39 is 5.82 Å². The molecule has 0 heterocycles. The Balaban J connectivity index is 2.26. The number of aryl methyl sites for hydroxylation is 2. The lowest BCUT2D eigenvalue weighted by atomic mass is 10.1. The highest BCUT2D eigenvalue weighted by Crippen LogP contribution is 2.21. The molecule has 21 heavy (non-hydrogen) atoms.